The zero-order valence-electron chi connectivity index (χ0n) is 68.7. The van der Waals surface area contributed by atoms with Gasteiger partial charge in [-0.1, -0.05) is 118 Å². The van der Waals surface area contributed by atoms with Crippen LogP contribution in [0.5, 0.6) is 17.2 Å². The largest absolute Gasteiger partial charge is 0.507 e. The molecule has 13 aromatic carbocycles. The van der Waals surface area contributed by atoms with E-state index in [0.29, 0.717) is 62.0 Å². The molecular formula is C91H83BrClFN14O15S7. The van der Waals surface area contributed by atoms with Gasteiger partial charge in [-0.25, -0.2) is 95.7 Å². The molecule has 0 radical (unpaired) electrons. The lowest BCUT2D eigenvalue weighted by atomic mass is 10.2. The minimum Gasteiger partial charge on any atom is -0.507 e. The highest BCUT2D eigenvalue weighted by molar-refractivity contribution is 9.10. The fourth-order valence-corrected chi connectivity index (χ4v) is 13.9. The molecule has 0 aliphatic heterocycles. The summed E-state index contributed by atoms with van der Waals surface area (Å²) in [5, 5.41) is 52.2. The van der Waals surface area contributed by atoms with Crippen molar-refractivity contribution in [2.24, 2.45) is 65.8 Å². The van der Waals surface area contributed by atoms with Crippen LogP contribution in [0, 0.1) is 12.7 Å². The third kappa shape index (κ3) is 37.2. The highest BCUT2D eigenvalue weighted by Crippen LogP contribution is 2.25. The number of nitrogens with zero attached hydrogens (tertiary/aromatic N) is 8. The van der Waals surface area contributed by atoms with Crippen molar-refractivity contribution < 1.29 is 69.8 Å². The maximum atomic E-state index is 12.7. The zero-order chi connectivity index (χ0) is 94.5. The molecule has 1 aromatic heterocycles. The number of aromatic nitrogens is 1. The van der Waals surface area contributed by atoms with Crippen LogP contribution in [0.3, 0.4) is 0 Å². The smallest absolute Gasteiger partial charge is 0.238 e. The lowest BCUT2D eigenvalue weighted by Crippen LogP contribution is -2.11. The molecule has 0 saturated heterocycles. The van der Waals surface area contributed by atoms with Gasteiger partial charge < -0.3 is 14.9 Å². The monoisotopic (exact) mass is 1970 g/mol. The molecule has 1 heterocycles. The van der Waals surface area contributed by atoms with Crippen molar-refractivity contribution in [2.75, 3.05) is 6.61 Å². The van der Waals surface area contributed by atoms with Gasteiger partial charge in [-0.3, -0.25) is 30.0 Å². The maximum Gasteiger partial charge on any atom is 0.238 e. The van der Waals surface area contributed by atoms with Crippen LogP contribution in [0.4, 0.5) is 43.6 Å². The van der Waals surface area contributed by atoms with Gasteiger partial charge in [0.1, 0.15) is 23.1 Å². The molecule has 0 fully saturated rings. The van der Waals surface area contributed by atoms with Crippen molar-refractivity contribution in [3.8, 4) is 17.2 Å². The van der Waals surface area contributed by atoms with Gasteiger partial charge in [-0.05, 0) is 272 Å². The topological polar surface area (TPSA) is 510 Å². The van der Waals surface area contributed by atoms with Gasteiger partial charge in [0.15, 0.2) is 0 Å². The third-order valence-electron chi connectivity index (χ3n) is 16.6. The number of hydrogen-bond donors (Lipinski definition) is 8. The summed E-state index contributed by atoms with van der Waals surface area (Å²) in [5.74, 6) is 0.863. The van der Waals surface area contributed by atoms with Gasteiger partial charge in [0, 0.05) is 75.7 Å². The molecule has 670 valence electrons. The second-order valence-electron chi connectivity index (χ2n) is 26.5. The summed E-state index contributed by atoms with van der Waals surface area (Å²) in [6.07, 6.45) is 13.2. The molecular weight excluding hydrogens is 1890 g/mol. The minimum atomic E-state index is -3.69. The van der Waals surface area contributed by atoms with Crippen molar-refractivity contribution in [2.45, 2.75) is 43.2 Å². The van der Waals surface area contributed by atoms with E-state index in [-0.39, 0.29) is 46.7 Å². The first-order chi connectivity index (χ1) is 61.6. The number of thiazole rings is 1. The number of sulfonamides is 6. The van der Waals surface area contributed by atoms with E-state index in [1.165, 1.54) is 120 Å². The van der Waals surface area contributed by atoms with Crippen LogP contribution in [-0.4, -0.2) is 116 Å². The van der Waals surface area contributed by atoms with Crippen LogP contribution in [0.2, 0.25) is 5.02 Å². The van der Waals surface area contributed by atoms with Crippen molar-refractivity contribution in [3.63, 3.8) is 0 Å². The number of aryl methyl sites for hydroxylation is 1. The Morgan fingerprint density at radius 2 is 0.608 bits per heavy atom. The van der Waals surface area contributed by atoms with Crippen molar-refractivity contribution >= 4 is 182 Å². The first-order valence-electron chi connectivity index (χ1n) is 37.7. The van der Waals surface area contributed by atoms with Crippen LogP contribution in [0.1, 0.15) is 51.4 Å². The van der Waals surface area contributed by atoms with E-state index in [2.05, 4.69) is 55.9 Å². The summed E-state index contributed by atoms with van der Waals surface area (Å²) in [6.45, 7) is 4.58. The first kappa shape index (κ1) is 102. The van der Waals surface area contributed by atoms with E-state index in [4.69, 9.17) is 47.2 Å². The molecule has 29 nitrogen and oxygen atoms in total. The highest BCUT2D eigenvalue weighted by atomic mass is 79.9. The second-order valence-corrected chi connectivity index (χ2v) is 38.1. The summed E-state index contributed by atoms with van der Waals surface area (Å²) < 4.78 is 152. The number of aromatic hydroxyl groups is 2. The lowest BCUT2D eigenvalue weighted by molar-refractivity contribution is 0.340. The molecule has 14 rings (SSSR count). The number of primary sulfonamides is 6. The molecule has 0 bridgehead atoms. The Hall–Kier alpha value is -13.3. The third-order valence-corrected chi connectivity index (χ3v) is 23.7. The maximum absolute atomic E-state index is 12.7. The number of phenolic OH excluding ortho intramolecular Hbond substituents is 2. The summed E-state index contributed by atoms with van der Waals surface area (Å²) in [7, 11) is -22.0. The molecule has 130 heavy (non-hydrogen) atoms. The molecule has 0 spiro atoms. The van der Waals surface area contributed by atoms with Gasteiger partial charge >= 0.3 is 0 Å². The van der Waals surface area contributed by atoms with Gasteiger partial charge in [-0.15, -0.1) is 11.3 Å². The fourth-order valence-electron chi connectivity index (χ4n) is 9.93. The van der Waals surface area contributed by atoms with E-state index in [9.17, 15) is 65.1 Å². The molecule has 14 N–H and O–H groups in total. The molecule has 0 unspecified atom stereocenters. The average Bonchev–Trinajstić information content (AvgIpc) is 0.912. The first-order valence-corrected chi connectivity index (χ1v) is 49.0. The van der Waals surface area contributed by atoms with E-state index in [1.54, 1.807) is 171 Å². The summed E-state index contributed by atoms with van der Waals surface area (Å²) >= 11 is 10.6. The zero-order valence-corrected chi connectivity index (χ0v) is 76.7. The molecule has 14 aromatic rings. The van der Waals surface area contributed by atoms with Gasteiger partial charge in [0.25, 0.3) is 0 Å². The lowest BCUT2D eigenvalue weighted by Gasteiger charge is -2.02. The highest BCUT2D eigenvalue weighted by Gasteiger charge is 2.13. The number of phenols is 2. The van der Waals surface area contributed by atoms with E-state index >= 15 is 0 Å². The molecule has 0 saturated carbocycles. The van der Waals surface area contributed by atoms with E-state index in [1.807, 2.05) is 110 Å². The summed E-state index contributed by atoms with van der Waals surface area (Å²) in [6, 6.07) is 86.1. The van der Waals surface area contributed by atoms with Gasteiger partial charge in [0.2, 0.25) is 65.3 Å². The van der Waals surface area contributed by atoms with Gasteiger partial charge in [0.05, 0.1) is 70.1 Å². The normalized spacial score (nSPS) is 11.7. The fraction of sp³-hybridized carbons (Fsp3) is 0.0330. The minimum absolute atomic E-state index is 0.0354. The van der Waals surface area contributed by atoms with E-state index < -0.39 is 60.1 Å². The number of nitrogens with two attached hydrogens (primary N) is 6. The van der Waals surface area contributed by atoms with Crippen molar-refractivity contribution in [1.29, 1.82) is 0 Å². The molecule has 0 atom stereocenters. The number of aliphatic imine (C=N–C) groups is 7. The van der Waals surface area contributed by atoms with Gasteiger partial charge in [-0.2, -0.15) is 0 Å². The van der Waals surface area contributed by atoms with Crippen molar-refractivity contribution in [1.82, 2.24) is 4.98 Å². The molecule has 0 amide bonds. The van der Waals surface area contributed by atoms with Crippen LogP contribution in [0.25, 0.3) is 0 Å². The van der Waals surface area contributed by atoms with Crippen LogP contribution in [0.15, 0.2) is 396 Å². The predicted octanol–water partition coefficient (Wildman–Crippen LogP) is 17.1. The number of rotatable bonds is 22. The summed E-state index contributed by atoms with van der Waals surface area (Å²) in [4.78, 5) is 33.8. The van der Waals surface area contributed by atoms with Crippen LogP contribution >= 0.6 is 38.9 Å². The Morgan fingerprint density at radius 1 is 0.354 bits per heavy atom. The van der Waals surface area contributed by atoms with Crippen molar-refractivity contribution in [3.05, 3.63) is 387 Å². The average molecular weight is 1970 g/mol. The Labute approximate surface area is 770 Å². The number of benzene rings is 13. The Balaban J connectivity index is 0.000000188. The van der Waals surface area contributed by atoms with Crippen LogP contribution in [-0.2, 0) is 60.1 Å². The number of halogens is 3. The Bertz CT molecular complexity index is 6510. The number of hydrogen-bond acceptors (Lipinski definition) is 24. The second kappa shape index (κ2) is 49.3. The predicted molar refractivity (Wildman–Crippen MR) is 517 cm³/mol. The molecule has 39 heteroatoms. The summed E-state index contributed by atoms with van der Waals surface area (Å²) in [5.41, 5.74) is 10.8. The number of para-hydroxylation sites is 2. The SMILES string of the molecule is CCOc1ccc(C=Nc2ccc(S(N)(=O)=O)cc2)cc1.Cc1ccc(C=Nc2ccc(S(N)(=O)=O)cc2)cc1.NS(=O)(=O)c1ccc(N=Cc2ccc(Br)cc2)cc1.NS(=O)(=O)c1ccc(N=Cc2ccc(Cl)cc2)cc1.NS(=O)(=O)c1ccc(N=Cc2ccc(F)cc2)cc1.NS(=O)(=O)c1ccc(N=Cc2ccccc2O)cc1.Oc1ccccc1C=Nc1nccs1. The quantitative estimate of drug-likeness (QED) is 0.0292. The molecule has 0 aliphatic carbocycles. The molecule has 0 aliphatic rings. The Kier molecular flexibility index (Phi) is 38.8. The standard InChI is InChI=1S/C15H16N2O3S.C14H14N2O2S.C13H11BrN2O2S.C13H11ClN2O2S.C13H11FN2O2S.C13H12N2O3S.C10H8N2OS/c1-2-20-14-7-3-12(4-8-14)11-17-13-5-9-15(10-6-13)21(16,18)19;1-11-2-4-12(5-3-11)10-16-13-6-8-14(9-7-13)19(15,17)18;3*14-11-3-1-10(2-4-11)9-16-12-5-7-13(8-6-12)19(15,17)18;14-19(17,18)12-7-5-11(6-8-12)15-9-10-3-1-2-4-13(10)16;13-9-4-2-1-3-8(9)7-12-10-11-5-6-14-10/h3-11H,2H2,1H3,(H2,16,18,19);2-10H,1H3,(H2,15,17,18);3*1-9H,(H2,15,17,18);1-9,16H,(H2,14,17,18);1-7,13H. The number of ether oxygens (including phenoxy) is 1. The van der Waals surface area contributed by atoms with E-state index in [0.717, 1.165) is 38.0 Å². The van der Waals surface area contributed by atoms with Crippen LogP contribution < -0.4 is 35.6 Å². The Morgan fingerprint density at radius 3 is 0.877 bits per heavy atom.